The molecule has 0 aliphatic heterocycles. The van der Waals surface area contributed by atoms with Gasteiger partial charge in [0.25, 0.3) is 0 Å². The lowest BCUT2D eigenvalue weighted by Gasteiger charge is -2.07. The number of methoxy groups -OCH3 is 1. The highest BCUT2D eigenvalue weighted by atomic mass is 16.5. The Morgan fingerprint density at radius 1 is 1.05 bits per heavy atom. The fourth-order valence-corrected chi connectivity index (χ4v) is 1.47. The van der Waals surface area contributed by atoms with Crippen molar-refractivity contribution in [3.8, 4) is 29.5 Å². The number of nitrogens with zero attached hydrogens (tertiary/aromatic N) is 3. The van der Waals surface area contributed by atoms with Crippen molar-refractivity contribution in [2.24, 2.45) is 0 Å². The predicted molar refractivity (Wildman–Crippen MR) is 66.7 cm³/mol. The molecular formula is C14H9N3O2. The third-order valence-electron chi connectivity index (χ3n) is 2.31. The van der Waals surface area contributed by atoms with Crippen LogP contribution >= 0.6 is 0 Å². The van der Waals surface area contributed by atoms with Crippen LogP contribution < -0.4 is 9.47 Å². The fraction of sp³-hybridized carbons (Fsp3) is 0.0714. The van der Waals surface area contributed by atoms with Gasteiger partial charge in [-0.25, -0.2) is 4.98 Å². The molecule has 1 heterocycles. The molecule has 5 nitrogen and oxygen atoms in total. The van der Waals surface area contributed by atoms with Crippen molar-refractivity contribution in [3.63, 3.8) is 0 Å². The molecule has 0 saturated heterocycles. The van der Waals surface area contributed by atoms with E-state index in [0.29, 0.717) is 17.1 Å². The van der Waals surface area contributed by atoms with E-state index in [9.17, 15) is 0 Å². The van der Waals surface area contributed by atoms with E-state index in [0.717, 1.165) is 0 Å². The molecule has 0 fully saturated rings. The van der Waals surface area contributed by atoms with Gasteiger partial charge in [0.15, 0.2) is 0 Å². The zero-order valence-corrected chi connectivity index (χ0v) is 10.1. The maximum absolute atomic E-state index is 8.91. The second kappa shape index (κ2) is 5.52. The van der Waals surface area contributed by atoms with Gasteiger partial charge in [0.2, 0.25) is 5.88 Å². The van der Waals surface area contributed by atoms with Crippen LogP contribution in [0.5, 0.6) is 17.4 Å². The van der Waals surface area contributed by atoms with Crippen LogP contribution in [0.25, 0.3) is 0 Å². The van der Waals surface area contributed by atoms with E-state index in [1.54, 1.807) is 36.4 Å². The molecule has 5 heteroatoms. The highest BCUT2D eigenvalue weighted by Crippen LogP contribution is 2.26. The second-order valence-corrected chi connectivity index (χ2v) is 3.58. The molecule has 0 N–H and O–H groups in total. The van der Waals surface area contributed by atoms with Gasteiger partial charge in [-0.15, -0.1) is 0 Å². The molecule has 0 aliphatic rings. The molecule has 2 rings (SSSR count). The van der Waals surface area contributed by atoms with Gasteiger partial charge in [-0.3, -0.25) is 0 Å². The molecule has 92 valence electrons. The first-order valence-corrected chi connectivity index (χ1v) is 5.39. The number of nitriles is 2. The van der Waals surface area contributed by atoms with Crippen LogP contribution in [0.3, 0.4) is 0 Å². The highest BCUT2D eigenvalue weighted by molar-refractivity contribution is 5.45. The summed E-state index contributed by atoms with van der Waals surface area (Å²) in [5.74, 6) is 1.24. The molecule has 0 radical (unpaired) electrons. The molecule has 0 aliphatic carbocycles. The monoisotopic (exact) mass is 251 g/mol. The predicted octanol–water partition coefficient (Wildman–Crippen LogP) is 2.63. The van der Waals surface area contributed by atoms with Crippen LogP contribution in [0.1, 0.15) is 11.3 Å². The average Bonchev–Trinajstić information content (AvgIpc) is 2.47. The first-order valence-electron chi connectivity index (χ1n) is 5.39. The quantitative estimate of drug-likeness (QED) is 0.837. The minimum Gasteiger partial charge on any atom is -0.497 e. The van der Waals surface area contributed by atoms with Crippen LogP contribution in [-0.4, -0.2) is 12.1 Å². The maximum atomic E-state index is 8.91. The van der Waals surface area contributed by atoms with Crippen LogP contribution in [0.2, 0.25) is 0 Å². The fourth-order valence-electron chi connectivity index (χ4n) is 1.47. The van der Waals surface area contributed by atoms with Gasteiger partial charge in [0.1, 0.15) is 23.3 Å². The van der Waals surface area contributed by atoms with Crippen LogP contribution in [0.15, 0.2) is 36.4 Å². The lowest BCUT2D eigenvalue weighted by atomic mass is 10.2. The molecule has 0 saturated carbocycles. The van der Waals surface area contributed by atoms with Crippen molar-refractivity contribution >= 4 is 0 Å². The van der Waals surface area contributed by atoms with E-state index in [2.05, 4.69) is 4.98 Å². The number of benzene rings is 1. The highest BCUT2D eigenvalue weighted by Gasteiger charge is 2.05. The van der Waals surface area contributed by atoms with Crippen molar-refractivity contribution in [1.29, 1.82) is 10.5 Å². The standard InChI is InChI=1S/C14H9N3O2/c1-18-12-5-10(8-15)6-13(7-12)19-14-4-2-3-11(9-16)17-14/h2-7H,1H3. The van der Waals surface area contributed by atoms with Gasteiger partial charge in [0.05, 0.1) is 18.7 Å². The van der Waals surface area contributed by atoms with Crippen LogP contribution in [-0.2, 0) is 0 Å². The molecule has 0 spiro atoms. The zero-order valence-electron chi connectivity index (χ0n) is 10.1. The summed E-state index contributed by atoms with van der Waals surface area (Å²) < 4.78 is 10.6. The van der Waals surface area contributed by atoms with Gasteiger partial charge >= 0.3 is 0 Å². The summed E-state index contributed by atoms with van der Waals surface area (Å²) in [6.45, 7) is 0. The Kier molecular flexibility index (Phi) is 3.61. The Bertz CT molecular complexity index is 684. The van der Waals surface area contributed by atoms with Crippen molar-refractivity contribution in [1.82, 2.24) is 4.98 Å². The number of rotatable bonds is 3. The van der Waals surface area contributed by atoms with E-state index in [1.165, 1.54) is 7.11 Å². The minimum atomic E-state index is 0.265. The number of ether oxygens (including phenoxy) is 2. The Hall–Kier alpha value is -3.05. The SMILES string of the molecule is COc1cc(C#N)cc(Oc2cccc(C#N)n2)c1. The summed E-state index contributed by atoms with van der Waals surface area (Å²) in [6.07, 6.45) is 0. The summed E-state index contributed by atoms with van der Waals surface area (Å²) >= 11 is 0. The number of hydrogen-bond donors (Lipinski definition) is 0. The molecule has 0 bridgehead atoms. The number of pyridine rings is 1. The summed E-state index contributed by atoms with van der Waals surface area (Å²) in [6, 6.07) is 13.7. The molecule has 0 unspecified atom stereocenters. The Morgan fingerprint density at radius 2 is 1.84 bits per heavy atom. The van der Waals surface area contributed by atoms with Gasteiger partial charge in [-0.05, 0) is 18.2 Å². The third kappa shape index (κ3) is 2.99. The number of hydrogen-bond acceptors (Lipinski definition) is 5. The zero-order chi connectivity index (χ0) is 13.7. The van der Waals surface area contributed by atoms with E-state index < -0.39 is 0 Å². The lowest BCUT2D eigenvalue weighted by Crippen LogP contribution is -1.92. The molecule has 2 aromatic rings. The second-order valence-electron chi connectivity index (χ2n) is 3.58. The van der Waals surface area contributed by atoms with Crippen molar-refractivity contribution in [2.75, 3.05) is 7.11 Å². The maximum Gasteiger partial charge on any atom is 0.220 e. The van der Waals surface area contributed by atoms with Gasteiger partial charge in [-0.1, -0.05) is 6.07 Å². The normalized spacial score (nSPS) is 9.21. The first-order chi connectivity index (χ1) is 9.25. The Morgan fingerprint density at radius 3 is 2.53 bits per heavy atom. The molecule has 1 aromatic heterocycles. The van der Waals surface area contributed by atoms with Crippen molar-refractivity contribution in [3.05, 3.63) is 47.7 Å². The van der Waals surface area contributed by atoms with E-state index in [1.807, 2.05) is 12.1 Å². The smallest absolute Gasteiger partial charge is 0.220 e. The summed E-state index contributed by atoms with van der Waals surface area (Å²) in [7, 11) is 1.51. The number of aromatic nitrogens is 1. The summed E-state index contributed by atoms with van der Waals surface area (Å²) in [5.41, 5.74) is 0.687. The van der Waals surface area contributed by atoms with Crippen molar-refractivity contribution < 1.29 is 9.47 Å². The van der Waals surface area contributed by atoms with E-state index in [-0.39, 0.29) is 11.6 Å². The van der Waals surface area contributed by atoms with Crippen LogP contribution in [0, 0.1) is 22.7 Å². The van der Waals surface area contributed by atoms with E-state index in [4.69, 9.17) is 20.0 Å². The Balaban J connectivity index is 2.32. The largest absolute Gasteiger partial charge is 0.497 e. The molecule has 0 amide bonds. The van der Waals surface area contributed by atoms with E-state index >= 15 is 0 Å². The molecule has 19 heavy (non-hydrogen) atoms. The van der Waals surface area contributed by atoms with Crippen LogP contribution in [0.4, 0.5) is 0 Å². The molecule has 0 atom stereocenters. The topological polar surface area (TPSA) is 78.9 Å². The minimum absolute atomic E-state index is 0.265. The van der Waals surface area contributed by atoms with Gasteiger partial charge < -0.3 is 9.47 Å². The van der Waals surface area contributed by atoms with Gasteiger partial charge in [-0.2, -0.15) is 10.5 Å². The summed E-state index contributed by atoms with van der Waals surface area (Å²) in [4.78, 5) is 3.99. The summed E-state index contributed by atoms with van der Waals surface area (Å²) in [5, 5.41) is 17.7. The lowest BCUT2D eigenvalue weighted by molar-refractivity contribution is 0.407. The average molecular weight is 251 g/mol. The Labute approximate surface area is 110 Å². The molecule has 1 aromatic carbocycles. The van der Waals surface area contributed by atoms with Crippen molar-refractivity contribution in [2.45, 2.75) is 0 Å². The first kappa shape index (κ1) is 12.4. The third-order valence-corrected chi connectivity index (χ3v) is 2.31. The molecular weight excluding hydrogens is 242 g/mol. The van der Waals surface area contributed by atoms with Gasteiger partial charge in [0, 0.05) is 12.1 Å².